The Morgan fingerprint density at radius 3 is 2.41 bits per heavy atom. The monoisotopic (exact) mass is 542 g/mol. The number of benzene rings is 3. The fourth-order valence-corrected chi connectivity index (χ4v) is 3.38. The number of hydrazone groups is 1. The number of amides is 3. The molecule has 37 heavy (non-hydrogen) atoms. The number of carbonyl (C=O) groups is 3. The third-order valence-corrected chi connectivity index (χ3v) is 5.65. The molecular weight excluding hydrogens is 519 g/mol. The average Bonchev–Trinajstić information content (AvgIpc) is 2.87. The molecule has 0 spiro atoms. The summed E-state index contributed by atoms with van der Waals surface area (Å²) in [5.74, 6) is -1.54. The Bertz CT molecular complexity index is 1330. The van der Waals surface area contributed by atoms with Crippen molar-refractivity contribution in [2.24, 2.45) is 5.10 Å². The van der Waals surface area contributed by atoms with Gasteiger partial charge in [-0.1, -0.05) is 47.5 Å². The van der Waals surface area contributed by atoms with E-state index in [9.17, 15) is 14.4 Å². The first-order valence-corrected chi connectivity index (χ1v) is 11.9. The minimum Gasteiger partial charge on any atom is -0.490 e. The Morgan fingerprint density at radius 2 is 1.65 bits per heavy atom. The van der Waals surface area contributed by atoms with E-state index in [0.29, 0.717) is 29.4 Å². The number of rotatable bonds is 9. The number of halogens is 2. The topological polar surface area (TPSA) is 118 Å². The van der Waals surface area contributed by atoms with Gasteiger partial charge in [0.25, 0.3) is 5.91 Å². The summed E-state index contributed by atoms with van der Waals surface area (Å²) < 4.78 is 11.3. The van der Waals surface area contributed by atoms with Crippen LogP contribution < -0.4 is 25.5 Å². The van der Waals surface area contributed by atoms with Crippen molar-refractivity contribution in [2.75, 3.05) is 23.8 Å². The zero-order valence-corrected chi connectivity index (χ0v) is 21.5. The minimum atomic E-state index is -1.00. The lowest BCUT2D eigenvalue weighted by Gasteiger charge is -2.13. The average molecular weight is 543 g/mol. The summed E-state index contributed by atoms with van der Waals surface area (Å²) in [6.07, 6.45) is 1.33. The van der Waals surface area contributed by atoms with Gasteiger partial charge in [-0.3, -0.25) is 14.4 Å². The number of nitrogens with one attached hydrogen (secondary N) is 3. The Kier molecular flexibility index (Phi) is 9.88. The van der Waals surface area contributed by atoms with Gasteiger partial charge in [-0.15, -0.1) is 0 Å². The molecule has 3 N–H and O–H groups in total. The van der Waals surface area contributed by atoms with Crippen molar-refractivity contribution in [3.63, 3.8) is 0 Å². The number of nitrogens with zero attached hydrogens (tertiary/aromatic N) is 1. The van der Waals surface area contributed by atoms with Crippen molar-refractivity contribution in [3.05, 3.63) is 81.8 Å². The molecule has 0 aliphatic rings. The normalized spacial score (nSPS) is 10.6. The molecule has 0 bridgehead atoms. The van der Waals surface area contributed by atoms with Crippen LogP contribution in [0.3, 0.4) is 0 Å². The van der Waals surface area contributed by atoms with Crippen LogP contribution in [0.4, 0.5) is 11.4 Å². The van der Waals surface area contributed by atoms with Crippen LogP contribution in [0.1, 0.15) is 18.1 Å². The van der Waals surface area contributed by atoms with Gasteiger partial charge in [0.2, 0.25) is 0 Å². The molecule has 0 saturated carbocycles. The minimum absolute atomic E-state index is 0.118. The molecule has 0 aliphatic carbocycles. The summed E-state index contributed by atoms with van der Waals surface area (Å²) in [5, 5.41) is 9.32. The molecule has 0 heterocycles. The lowest BCUT2D eigenvalue weighted by Crippen LogP contribution is -2.32. The van der Waals surface area contributed by atoms with E-state index >= 15 is 0 Å². The summed E-state index contributed by atoms with van der Waals surface area (Å²) in [6, 6.07) is 17.0. The van der Waals surface area contributed by atoms with E-state index in [4.69, 9.17) is 32.7 Å². The lowest BCUT2D eigenvalue weighted by atomic mass is 10.2. The molecular formula is C26H24Cl2N4O5. The summed E-state index contributed by atoms with van der Waals surface area (Å²) in [7, 11) is 0. The fourth-order valence-electron chi connectivity index (χ4n) is 3.03. The Morgan fingerprint density at radius 1 is 0.892 bits per heavy atom. The highest BCUT2D eigenvalue weighted by atomic mass is 35.5. The van der Waals surface area contributed by atoms with E-state index in [2.05, 4.69) is 21.2 Å². The molecule has 3 aromatic rings. The van der Waals surface area contributed by atoms with Crippen LogP contribution in [0.15, 0.2) is 65.8 Å². The Labute approximate surface area is 223 Å². The van der Waals surface area contributed by atoms with Gasteiger partial charge in [-0.05, 0) is 61.4 Å². The third kappa shape index (κ3) is 7.96. The van der Waals surface area contributed by atoms with Crippen LogP contribution in [0.2, 0.25) is 10.0 Å². The van der Waals surface area contributed by atoms with Gasteiger partial charge in [0.05, 0.1) is 28.6 Å². The standard InChI is InChI=1S/C26H24Cl2N4O5/c1-3-36-22-13-17(11-12-21(22)37-15-23(33)30-19-9-5-4-7-16(19)2)14-29-32-26(35)25(34)31-20-10-6-8-18(27)24(20)28/h4-14H,3,15H2,1-2H3,(H,30,33)(H,31,34)(H,32,35)/b29-14-. The van der Waals surface area contributed by atoms with E-state index in [-0.39, 0.29) is 28.2 Å². The molecule has 0 aromatic heterocycles. The predicted molar refractivity (Wildman–Crippen MR) is 144 cm³/mol. The number of aryl methyl sites for hydroxylation is 1. The molecule has 3 amide bonds. The number of hydrogen-bond donors (Lipinski definition) is 3. The van der Waals surface area contributed by atoms with E-state index in [1.165, 1.54) is 12.3 Å². The first-order chi connectivity index (χ1) is 17.8. The second-order valence-electron chi connectivity index (χ2n) is 7.55. The molecule has 0 fully saturated rings. The Hall–Kier alpha value is -4.08. The summed E-state index contributed by atoms with van der Waals surface area (Å²) in [4.78, 5) is 36.5. The maximum atomic E-state index is 12.3. The van der Waals surface area contributed by atoms with Gasteiger partial charge in [-0.25, -0.2) is 5.43 Å². The number of anilines is 2. The summed E-state index contributed by atoms with van der Waals surface area (Å²) >= 11 is 11.9. The number of ether oxygens (including phenoxy) is 2. The highest BCUT2D eigenvalue weighted by molar-refractivity contribution is 6.45. The van der Waals surface area contributed by atoms with Gasteiger partial charge >= 0.3 is 11.8 Å². The quantitative estimate of drug-likeness (QED) is 0.204. The maximum absolute atomic E-state index is 12.3. The molecule has 3 rings (SSSR count). The number of para-hydroxylation sites is 1. The van der Waals surface area contributed by atoms with Crippen molar-refractivity contribution in [2.45, 2.75) is 13.8 Å². The number of hydrogen-bond acceptors (Lipinski definition) is 6. The van der Waals surface area contributed by atoms with E-state index in [0.717, 1.165) is 5.56 Å². The summed E-state index contributed by atoms with van der Waals surface area (Å²) in [6.45, 7) is 3.84. The van der Waals surface area contributed by atoms with Crippen LogP contribution in [-0.4, -0.2) is 37.1 Å². The van der Waals surface area contributed by atoms with E-state index in [1.54, 1.807) is 37.3 Å². The first-order valence-electron chi connectivity index (χ1n) is 11.1. The maximum Gasteiger partial charge on any atom is 0.329 e. The molecule has 0 saturated heterocycles. The lowest BCUT2D eigenvalue weighted by molar-refractivity contribution is -0.136. The molecule has 192 valence electrons. The van der Waals surface area contributed by atoms with Gasteiger partial charge < -0.3 is 20.1 Å². The second kappa shape index (κ2) is 13.3. The highest BCUT2D eigenvalue weighted by Gasteiger charge is 2.15. The van der Waals surface area contributed by atoms with Gasteiger partial charge in [0.1, 0.15) is 0 Å². The largest absolute Gasteiger partial charge is 0.490 e. The third-order valence-electron chi connectivity index (χ3n) is 4.83. The van der Waals surface area contributed by atoms with Crippen molar-refractivity contribution in [1.82, 2.24) is 5.43 Å². The molecule has 0 radical (unpaired) electrons. The molecule has 3 aromatic carbocycles. The SMILES string of the molecule is CCOc1cc(/C=N\NC(=O)C(=O)Nc2cccc(Cl)c2Cl)ccc1OCC(=O)Nc1ccccc1C. The molecule has 0 atom stereocenters. The van der Waals surface area contributed by atoms with Crippen molar-refractivity contribution >= 4 is 58.5 Å². The smallest absolute Gasteiger partial charge is 0.329 e. The zero-order chi connectivity index (χ0) is 26.8. The highest BCUT2D eigenvalue weighted by Crippen LogP contribution is 2.30. The van der Waals surface area contributed by atoms with Gasteiger partial charge in [-0.2, -0.15) is 5.10 Å². The van der Waals surface area contributed by atoms with E-state index < -0.39 is 11.8 Å². The van der Waals surface area contributed by atoms with Gasteiger partial charge in [0, 0.05) is 5.69 Å². The summed E-state index contributed by atoms with van der Waals surface area (Å²) in [5.41, 5.74) is 4.53. The van der Waals surface area contributed by atoms with Crippen LogP contribution in [0.25, 0.3) is 0 Å². The van der Waals surface area contributed by atoms with Crippen LogP contribution >= 0.6 is 23.2 Å². The van der Waals surface area contributed by atoms with Crippen LogP contribution in [0.5, 0.6) is 11.5 Å². The molecule has 9 nitrogen and oxygen atoms in total. The second-order valence-corrected chi connectivity index (χ2v) is 8.33. The van der Waals surface area contributed by atoms with Gasteiger partial charge in [0.15, 0.2) is 18.1 Å². The molecule has 11 heteroatoms. The van der Waals surface area contributed by atoms with Crippen LogP contribution in [-0.2, 0) is 14.4 Å². The van der Waals surface area contributed by atoms with Crippen molar-refractivity contribution in [1.29, 1.82) is 0 Å². The van der Waals surface area contributed by atoms with Crippen LogP contribution in [0, 0.1) is 6.92 Å². The fraction of sp³-hybridized carbons (Fsp3) is 0.154. The Balaban J connectivity index is 1.57. The van der Waals surface area contributed by atoms with Crippen molar-refractivity contribution < 1.29 is 23.9 Å². The first kappa shape index (κ1) is 27.5. The predicted octanol–water partition coefficient (Wildman–Crippen LogP) is 4.81. The number of carbonyl (C=O) groups excluding carboxylic acids is 3. The van der Waals surface area contributed by atoms with E-state index in [1.807, 2.05) is 31.2 Å². The molecule has 0 aliphatic heterocycles. The zero-order valence-electron chi connectivity index (χ0n) is 20.0. The molecule has 0 unspecified atom stereocenters. The van der Waals surface area contributed by atoms with Crippen molar-refractivity contribution in [3.8, 4) is 11.5 Å².